The monoisotopic (exact) mass is 288 g/mol. The van der Waals surface area contributed by atoms with E-state index >= 15 is 0 Å². The molecule has 1 aromatic rings. The lowest BCUT2D eigenvalue weighted by Crippen LogP contribution is -2.18. The van der Waals surface area contributed by atoms with E-state index in [2.05, 4.69) is 38.7 Å². The summed E-state index contributed by atoms with van der Waals surface area (Å²) in [7, 11) is 0. The number of hydrogen-bond donors (Lipinski definition) is 2. The van der Waals surface area contributed by atoms with Crippen molar-refractivity contribution in [3.8, 4) is 0 Å². The maximum Gasteiger partial charge on any atom is 0.0701 e. The first-order valence-corrected chi connectivity index (χ1v) is 7.11. The molecular weight excluding hydrogens is 272 g/mol. The molecule has 1 aliphatic rings. The highest BCUT2D eigenvalue weighted by Gasteiger charge is 2.13. The number of rotatable bonds is 5. The Morgan fingerprint density at radius 1 is 1.53 bits per heavy atom. The lowest BCUT2D eigenvalue weighted by Gasteiger charge is -2.08. The Hall–Kier alpha value is 0.1000. The molecule has 0 spiro atoms. The van der Waals surface area contributed by atoms with Crippen molar-refractivity contribution in [2.45, 2.75) is 19.4 Å². The first kappa shape index (κ1) is 11.6. The van der Waals surface area contributed by atoms with Gasteiger partial charge in [0.15, 0.2) is 0 Å². The van der Waals surface area contributed by atoms with Crippen molar-refractivity contribution >= 4 is 27.3 Å². The van der Waals surface area contributed by atoms with Gasteiger partial charge in [0.25, 0.3) is 0 Å². The molecule has 1 aromatic heterocycles. The molecule has 1 unspecified atom stereocenters. The molecule has 2 nitrogen and oxygen atoms in total. The van der Waals surface area contributed by atoms with Crippen molar-refractivity contribution < 1.29 is 0 Å². The quantitative estimate of drug-likeness (QED) is 0.814. The van der Waals surface area contributed by atoms with Gasteiger partial charge >= 0.3 is 0 Å². The first-order valence-electron chi connectivity index (χ1n) is 5.50. The summed E-state index contributed by atoms with van der Waals surface area (Å²) >= 11 is 5.29. The van der Waals surface area contributed by atoms with Gasteiger partial charge in [0.05, 0.1) is 3.79 Å². The van der Waals surface area contributed by atoms with E-state index in [4.69, 9.17) is 0 Å². The zero-order chi connectivity index (χ0) is 10.5. The third-order valence-electron chi connectivity index (χ3n) is 2.82. The van der Waals surface area contributed by atoms with E-state index in [0.717, 1.165) is 19.0 Å². The van der Waals surface area contributed by atoms with Gasteiger partial charge in [-0.15, -0.1) is 11.3 Å². The van der Waals surface area contributed by atoms with Crippen molar-refractivity contribution in [2.24, 2.45) is 5.92 Å². The van der Waals surface area contributed by atoms with E-state index in [0.29, 0.717) is 0 Å². The van der Waals surface area contributed by atoms with Crippen LogP contribution in [0.4, 0.5) is 0 Å². The maximum atomic E-state index is 3.50. The predicted molar refractivity (Wildman–Crippen MR) is 69.3 cm³/mol. The second-order valence-electron chi connectivity index (χ2n) is 4.03. The number of hydrogen-bond acceptors (Lipinski definition) is 3. The number of thiophene rings is 1. The Balaban J connectivity index is 1.58. The van der Waals surface area contributed by atoms with Crippen LogP contribution in [0.1, 0.15) is 17.7 Å². The molecule has 1 atom stereocenters. The zero-order valence-corrected chi connectivity index (χ0v) is 11.2. The lowest BCUT2D eigenvalue weighted by atomic mass is 10.1. The SMILES string of the molecule is Brc1ccc(CNCCC2CCNC2)s1. The molecule has 0 aromatic carbocycles. The highest BCUT2D eigenvalue weighted by Crippen LogP contribution is 2.21. The van der Waals surface area contributed by atoms with Crippen LogP contribution in [0.25, 0.3) is 0 Å². The van der Waals surface area contributed by atoms with Crippen LogP contribution in [0.2, 0.25) is 0 Å². The summed E-state index contributed by atoms with van der Waals surface area (Å²) in [6, 6.07) is 4.29. The molecular formula is C11H17BrN2S. The van der Waals surface area contributed by atoms with Gasteiger partial charge in [0.1, 0.15) is 0 Å². The second-order valence-corrected chi connectivity index (χ2v) is 6.58. The topological polar surface area (TPSA) is 24.1 Å². The molecule has 0 saturated carbocycles. The third kappa shape index (κ3) is 3.87. The maximum absolute atomic E-state index is 3.50. The smallest absolute Gasteiger partial charge is 0.0701 e. The Bertz CT molecular complexity index is 295. The van der Waals surface area contributed by atoms with Gasteiger partial charge in [-0.05, 0) is 66.5 Å². The van der Waals surface area contributed by atoms with Crippen LogP contribution in [0.5, 0.6) is 0 Å². The normalized spacial score (nSPS) is 21.0. The predicted octanol–water partition coefficient (Wildman–Crippen LogP) is 2.60. The van der Waals surface area contributed by atoms with Gasteiger partial charge < -0.3 is 10.6 Å². The Morgan fingerprint density at radius 3 is 3.13 bits per heavy atom. The van der Waals surface area contributed by atoms with Crippen LogP contribution in [-0.4, -0.2) is 19.6 Å². The molecule has 15 heavy (non-hydrogen) atoms. The Kier molecular flexibility index (Phi) is 4.62. The van der Waals surface area contributed by atoms with Gasteiger partial charge in [-0.2, -0.15) is 0 Å². The van der Waals surface area contributed by atoms with Gasteiger partial charge in [-0.1, -0.05) is 0 Å². The van der Waals surface area contributed by atoms with Crippen LogP contribution < -0.4 is 10.6 Å². The van der Waals surface area contributed by atoms with Crippen LogP contribution >= 0.6 is 27.3 Å². The fourth-order valence-corrected chi connectivity index (χ4v) is 3.38. The molecule has 1 fully saturated rings. The van der Waals surface area contributed by atoms with E-state index in [1.165, 1.54) is 34.6 Å². The van der Waals surface area contributed by atoms with Crippen molar-refractivity contribution in [2.75, 3.05) is 19.6 Å². The molecule has 0 amide bonds. The minimum Gasteiger partial charge on any atom is -0.316 e. The number of nitrogens with one attached hydrogen (secondary N) is 2. The van der Waals surface area contributed by atoms with E-state index in [1.54, 1.807) is 0 Å². The van der Waals surface area contributed by atoms with E-state index in [1.807, 2.05) is 11.3 Å². The van der Waals surface area contributed by atoms with E-state index in [-0.39, 0.29) is 0 Å². The summed E-state index contributed by atoms with van der Waals surface area (Å²) in [5, 5.41) is 6.91. The van der Waals surface area contributed by atoms with Crippen LogP contribution in [-0.2, 0) is 6.54 Å². The average Bonchev–Trinajstić information content (AvgIpc) is 2.84. The highest BCUT2D eigenvalue weighted by molar-refractivity contribution is 9.11. The standard InChI is InChI=1S/C11H17BrN2S/c12-11-2-1-10(15-11)8-14-6-4-9-3-5-13-7-9/h1-2,9,13-14H,3-8H2. The minimum atomic E-state index is 0.896. The molecule has 84 valence electrons. The van der Waals surface area contributed by atoms with E-state index < -0.39 is 0 Å². The average molecular weight is 289 g/mol. The second kappa shape index (κ2) is 5.99. The fraction of sp³-hybridized carbons (Fsp3) is 0.636. The summed E-state index contributed by atoms with van der Waals surface area (Å²) in [4.78, 5) is 1.41. The third-order valence-corrected chi connectivity index (χ3v) is 4.44. The summed E-state index contributed by atoms with van der Waals surface area (Å²) in [5.74, 6) is 0.896. The molecule has 2 N–H and O–H groups in total. The summed E-state index contributed by atoms with van der Waals surface area (Å²) in [5.41, 5.74) is 0. The summed E-state index contributed by atoms with van der Waals surface area (Å²) in [6.07, 6.45) is 2.66. The molecule has 0 aliphatic carbocycles. The molecule has 1 saturated heterocycles. The van der Waals surface area contributed by atoms with Crippen LogP contribution in [0, 0.1) is 5.92 Å². The molecule has 1 aliphatic heterocycles. The molecule has 0 bridgehead atoms. The van der Waals surface area contributed by atoms with Gasteiger partial charge in [0, 0.05) is 11.4 Å². The summed E-state index contributed by atoms with van der Waals surface area (Å²) < 4.78 is 1.22. The van der Waals surface area contributed by atoms with Crippen molar-refractivity contribution in [1.82, 2.24) is 10.6 Å². The van der Waals surface area contributed by atoms with Crippen molar-refractivity contribution in [3.63, 3.8) is 0 Å². The molecule has 4 heteroatoms. The van der Waals surface area contributed by atoms with Gasteiger partial charge in [0.2, 0.25) is 0 Å². The van der Waals surface area contributed by atoms with Crippen LogP contribution in [0.15, 0.2) is 15.9 Å². The Labute approximate surface area is 104 Å². The van der Waals surface area contributed by atoms with Crippen molar-refractivity contribution in [1.29, 1.82) is 0 Å². The van der Waals surface area contributed by atoms with E-state index in [9.17, 15) is 0 Å². The van der Waals surface area contributed by atoms with Gasteiger partial charge in [-0.25, -0.2) is 0 Å². The number of halogens is 1. The summed E-state index contributed by atoms with van der Waals surface area (Å²) in [6.45, 7) is 4.58. The highest BCUT2D eigenvalue weighted by atomic mass is 79.9. The molecule has 0 radical (unpaired) electrons. The minimum absolute atomic E-state index is 0.896. The van der Waals surface area contributed by atoms with Crippen molar-refractivity contribution in [3.05, 3.63) is 20.8 Å². The molecule has 2 rings (SSSR count). The zero-order valence-electron chi connectivity index (χ0n) is 8.76. The largest absolute Gasteiger partial charge is 0.316 e. The fourth-order valence-electron chi connectivity index (χ4n) is 1.93. The van der Waals surface area contributed by atoms with Crippen LogP contribution in [0.3, 0.4) is 0 Å². The Morgan fingerprint density at radius 2 is 2.47 bits per heavy atom. The molecule has 2 heterocycles. The lowest BCUT2D eigenvalue weighted by molar-refractivity contribution is 0.501. The first-order chi connectivity index (χ1) is 7.34. The van der Waals surface area contributed by atoms with Gasteiger partial charge in [-0.3, -0.25) is 0 Å².